The average molecular weight is 242 g/mol. The second kappa shape index (κ2) is 8.03. The fourth-order valence-corrected chi connectivity index (χ4v) is 2.20. The Hall–Kier alpha value is -1.13. The van der Waals surface area contributed by atoms with E-state index in [1.807, 2.05) is 0 Å². The van der Waals surface area contributed by atoms with Crippen molar-refractivity contribution in [2.45, 2.75) is 64.2 Å². The van der Waals surface area contributed by atoms with Crippen LogP contribution in [0.2, 0.25) is 0 Å². The molecule has 1 amide bonds. The molecule has 1 fully saturated rings. The summed E-state index contributed by atoms with van der Waals surface area (Å²) >= 11 is 0. The number of hydrogen-bond donors (Lipinski definition) is 0. The molecule has 0 aromatic carbocycles. The van der Waals surface area contributed by atoms with E-state index in [1.165, 1.54) is 19.3 Å². The highest BCUT2D eigenvalue weighted by Gasteiger charge is 2.22. The Morgan fingerprint density at radius 3 is 1.88 bits per heavy atom. The molecule has 1 aliphatic heterocycles. The molecule has 0 saturated carbocycles. The first-order valence-electron chi connectivity index (χ1n) is 6.66. The van der Waals surface area contributed by atoms with Gasteiger partial charge in [-0.05, 0) is 12.8 Å². The maximum absolute atomic E-state index is 11.6. The zero-order chi connectivity index (χ0) is 12.5. The molecule has 5 heteroatoms. The van der Waals surface area contributed by atoms with Crippen molar-refractivity contribution in [3.63, 3.8) is 0 Å². The molecule has 0 N–H and O–H groups in total. The Bertz CT molecular complexity index is 256. The molecule has 1 saturated heterocycles. The molecule has 0 spiro atoms. The standard InChI is InChI=1S/C12H22N2O3/c15-12-10-8-6-4-2-1-3-5-7-9-11-13(12)14(16)17/h1-11H2. The van der Waals surface area contributed by atoms with Crippen molar-refractivity contribution in [1.29, 1.82) is 0 Å². The summed E-state index contributed by atoms with van der Waals surface area (Å²) in [5, 5.41) is 11.0. The summed E-state index contributed by atoms with van der Waals surface area (Å²) < 4.78 is 0. The van der Waals surface area contributed by atoms with E-state index in [2.05, 4.69) is 0 Å². The zero-order valence-electron chi connectivity index (χ0n) is 10.4. The van der Waals surface area contributed by atoms with E-state index in [9.17, 15) is 14.9 Å². The molecule has 0 aromatic rings. The van der Waals surface area contributed by atoms with Crippen molar-refractivity contribution in [3.8, 4) is 0 Å². The first-order valence-corrected chi connectivity index (χ1v) is 6.66. The number of hydrazine groups is 1. The molecule has 0 unspecified atom stereocenters. The second-order valence-electron chi connectivity index (χ2n) is 4.69. The molecule has 17 heavy (non-hydrogen) atoms. The van der Waals surface area contributed by atoms with Crippen LogP contribution in [0.1, 0.15) is 64.2 Å². The molecule has 0 aromatic heterocycles. The second-order valence-corrected chi connectivity index (χ2v) is 4.69. The Morgan fingerprint density at radius 1 is 0.882 bits per heavy atom. The Labute approximate surface area is 102 Å². The van der Waals surface area contributed by atoms with E-state index >= 15 is 0 Å². The molecule has 5 nitrogen and oxygen atoms in total. The third-order valence-electron chi connectivity index (χ3n) is 3.25. The SMILES string of the molecule is O=C1CCCCCCCCCCCN1[N+](=O)[O-]. The van der Waals surface area contributed by atoms with E-state index in [-0.39, 0.29) is 12.5 Å². The quantitative estimate of drug-likeness (QED) is 0.524. The van der Waals surface area contributed by atoms with E-state index in [0.29, 0.717) is 6.42 Å². The number of nitrogens with zero attached hydrogens (tertiary/aromatic N) is 2. The number of rotatable bonds is 1. The summed E-state index contributed by atoms with van der Waals surface area (Å²) in [6.07, 6.45) is 9.81. The molecule has 1 aliphatic rings. The lowest BCUT2D eigenvalue weighted by atomic mass is 10.1. The molecule has 0 bridgehead atoms. The normalized spacial score (nSPS) is 21.2. The molecule has 98 valence electrons. The molecular weight excluding hydrogens is 220 g/mol. The number of carbonyl (C=O) groups excluding carboxylic acids is 1. The maximum Gasteiger partial charge on any atom is 0.283 e. The van der Waals surface area contributed by atoms with Crippen molar-refractivity contribution in [1.82, 2.24) is 5.01 Å². The predicted molar refractivity (Wildman–Crippen MR) is 64.9 cm³/mol. The summed E-state index contributed by atoms with van der Waals surface area (Å²) in [6.45, 7) is 0.270. The summed E-state index contributed by atoms with van der Waals surface area (Å²) in [4.78, 5) is 22.4. The summed E-state index contributed by atoms with van der Waals surface area (Å²) in [5.74, 6) is -0.325. The van der Waals surface area contributed by atoms with Crippen LogP contribution in [0, 0.1) is 10.1 Å². The average Bonchev–Trinajstić information content (AvgIpc) is 2.30. The van der Waals surface area contributed by atoms with Crippen LogP contribution >= 0.6 is 0 Å². The lowest BCUT2D eigenvalue weighted by molar-refractivity contribution is -0.634. The van der Waals surface area contributed by atoms with Crippen LogP contribution in [0.25, 0.3) is 0 Å². The molecule has 0 radical (unpaired) electrons. The van der Waals surface area contributed by atoms with Crippen LogP contribution in [0.4, 0.5) is 0 Å². The van der Waals surface area contributed by atoms with Gasteiger partial charge in [0, 0.05) is 6.42 Å². The van der Waals surface area contributed by atoms with Gasteiger partial charge < -0.3 is 0 Å². The highest BCUT2D eigenvalue weighted by atomic mass is 16.7. The highest BCUT2D eigenvalue weighted by Crippen LogP contribution is 2.13. The van der Waals surface area contributed by atoms with Crippen molar-refractivity contribution < 1.29 is 9.83 Å². The van der Waals surface area contributed by atoms with Gasteiger partial charge in [0.15, 0.2) is 5.03 Å². The molecule has 1 rings (SSSR count). The number of carbonyl (C=O) groups is 1. The van der Waals surface area contributed by atoms with Gasteiger partial charge in [0.05, 0.1) is 6.54 Å². The molecule has 0 aliphatic carbocycles. The fourth-order valence-electron chi connectivity index (χ4n) is 2.20. The predicted octanol–water partition coefficient (Wildman–Crippen LogP) is 2.92. The van der Waals surface area contributed by atoms with Gasteiger partial charge in [-0.1, -0.05) is 50.0 Å². The molecular formula is C12H22N2O3. The van der Waals surface area contributed by atoms with E-state index in [1.54, 1.807) is 0 Å². The van der Waals surface area contributed by atoms with Crippen LogP contribution < -0.4 is 0 Å². The summed E-state index contributed by atoms with van der Waals surface area (Å²) in [7, 11) is 0. The first-order chi connectivity index (χ1) is 8.22. The van der Waals surface area contributed by atoms with Crippen LogP contribution in [0.5, 0.6) is 0 Å². The monoisotopic (exact) mass is 242 g/mol. The third kappa shape index (κ3) is 5.65. The minimum atomic E-state index is -0.554. The van der Waals surface area contributed by atoms with Crippen LogP contribution in [0.15, 0.2) is 0 Å². The smallest absolute Gasteiger partial charge is 0.269 e. The van der Waals surface area contributed by atoms with E-state index in [4.69, 9.17) is 0 Å². The minimum absolute atomic E-state index is 0.270. The molecule has 0 atom stereocenters. The van der Waals surface area contributed by atoms with Crippen molar-refractivity contribution in [2.24, 2.45) is 0 Å². The van der Waals surface area contributed by atoms with Gasteiger partial charge in [-0.3, -0.25) is 4.79 Å². The summed E-state index contributed by atoms with van der Waals surface area (Å²) in [5.41, 5.74) is 0. The van der Waals surface area contributed by atoms with Gasteiger partial charge in [-0.2, -0.15) is 0 Å². The highest BCUT2D eigenvalue weighted by molar-refractivity contribution is 5.74. The van der Waals surface area contributed by atoms with Gasteiger partial charge in [0.25, 0.3) is 5.91 Å². The van der Waals surface area contributed by atoms with Gasteiger partial charge in [-0.25, -0.2) is 10.1 Å². The number of hydrogen-bond acceptors (Lipinski definition) is 3. The topological polar surface area (TPSA) is 63.5 Å². The first kappa shape index (κ1) is 13.9. The van der Waals surface area contributed by atoms with Gasteiger partial charge >= 0.3 is 0 Å². The third-order valence-corrected chi connectivity index (χ3v) is 3.25. The zero-order valence-corrected chi connectivity index (χ0v) is 10.4. The van der Waals surface area contributed by atoms with Crippen molar-refractivity contribution in [3.05, 3.63) is 10.1 Å². The lowest BCUT2D eigenvalue weighted by Gasteiger charge is -2.11. The lowest BCUT2D eigenvalue weighted by Crippen LogP contribution is -2.36. The maximum atomic E-state index is 11.6. The van der Waals surface area contributed by atoms with Crippen molar-refractivity contribution >= 4 is 5.91 Å². The summed E-state index contributed by atoms with van der Waals surface area (Å²) in [6, 6.07) is 0. The van der Waals surface area contributed by atoms with Gasteiger partial charge in [0.2, 0.25) is 0 Å². The van der Waals surface area contributed by atoms with Crippen molar-refractivity contribution in [2.75, 3.05) is 6.54 Å². The van der Waals surface area contributed by atoms with Crippen LogP contribution in [-0.4, -0.2) is 22.5 Å². The number of nitro groups is 1. The number of amides is 1. The van der Waals surface area contributed by atoms with Gasteiger partial charge in [0.1, 0.15) is 0 Å². The largest absolute Gasteiger partial charge is 0.283 e. The Morgan fingerprint density at radius 2 is 1.35 bits per heavy atom. The van der Waals surface area contributed by atoms with Gasteiger partial charge in [-0.15, -0.1) is 0 Å². The van der Waals surface area contributed by atoms with E-state index in [0.717, 1.165) is 43.5 Å². The van der Waals surface area contributed by atoms with Crippen LogP contribution in [-0.2, 0) is 4.79 Å². The van der Waals surface area contributed by atoms with E-state index < -0.39 is 5.03 Å². The minimum Gasteiger partial charge on any atom is -0.269 e. The van der Waals surface area contributed by atoms with Crippen LogP contribution in [0.3, 0.4) is 0 Å². The Kier molecular flexibility index (Phi) is 6.58. The molecule has 1 heterocycles. The fraction of sp³-hybridized carbons (Fsp3) is 0.917. The Balaban J connectivity index is 2.45.